The van der Waals surface area contributed by atoms with Gasteiger partial charge >= 0.3 is 5.97 Å². The summed E-state index contributed by atoms with van der Waals surface area (Å²) in [6.07, 6.45) is 14.1. The van der Waals surface area contributed by atoms with Crippen molar-refractivity contribution in [3.8, 4) is 0 Å². The second-order valence-electron chi connectivity index (χ2n) is 7.82. The van der Waals surface area contributed by atoms with Gasteiger partial charge in [-0.3, -0.25) is 4.79 Å². The molecule has 0 spiro atoms. The first kappa shape index (κ1) is 18.2. The number of carbonyl (C=O) groups excluding carboxylic acids is 1. The smallest absolute Gasteiger partial charge is 0.306 e. The minimum absolute atomic E-state index is 0.00897. The fourth-order valence-corrected chi connectivity index (χ4v) is 4.69. The molecule has 0 aromatic heterocycles. The highest BCUT2D eigenvalue weighted by Gasteiger charge is 2.50. The quantitative estimate of drug-likeness (QED) is 0.455. The molecule has 138 valence electrons. The van der Waals surface area contributed by atoms with Crippen LogP contribution in [-0.4, -0.2) is 31.1 Å². The molecule has 5 atom stereocenters. The van der Waals surface area contributed by atoms with Crippen molar-refractivity contribution in [3.63, 3.8) is 0 Å². The Balaban J connectivity index is 1.48. The fraction of sp³-hybridized carbons (Fsp3) is 0.950. The largest absolute Gasteiger partial charge is 0.462 e. The second kappa shape index (κ2) is 9.19. The first-order valence-electron chi connectivity index (χ1n) is 10.2. The van der Waals surface area contributed by atoms with Crippen molar-refractivity contribution in [2.24, 2.45) is 11.8 Å². The van der Waals surface area contributed by atoms with Gasteiger partial charge in [-0.2, -0.15) is 0 Å². The Morgan fingerprint density at radius 1 is 1.12 bits per heavy atom. The van der Waals surface area contributed by atoms with Crippen LogP contribution >= 0.6 is 0 Å². The molecular formula is C20H34O4. The van der Waals surface area contributed by atoms with Gasteiger partial charge in [-0.05, 0) is 31.6 Å². The molecule has 0 N–H and O–H groups in total. The standard InChI is InChI=1S/C20H34O4/c1-2-3-4-5-6-7-10-15-16-13-19(21)23-18(16)14-17(15)24-20-11-8-9-12-22-20/h15-18,20H,2-14H2,1H3/t15-,16-,17-,18?,20?/m1/s1. The van der Waals surface area contributed by atoms with Crippen molar-refractivity contribution >= 4 is 5.97 Å². The normalized spacial score (nSPS) is 35.9. The van der Waals surface area contributed by atoms with Crippen LogP contribution in [0.5, 0.6) is 0 Å². The monoisotopic (exact) mass is 338 g/mol. The molecule has 4 nitrogen and oxygen atoms in total. The Morgan fingerprint density at radius 2 is 1.96 bits per heavy atom. The van der Waals surface area contributed by atoms with Crippen LogP contribution in [0, 0.1) is 11.8 Å². The van der Waals surface area contributed by atoms with E-state index in [-0.39, 0.29) is 24.5 Å². The minimum atomic E-state index is -0.0367. The number of rotatable bonds is 9. The molecule has 0 amide bonds. The molecule has 24 heavy (non-hydrogen) atoms. The lowest BCUT2D eigenvalue weighted by molar-refractivity contribution is -0.197. The highest BCUT2D eigenvalue weighted by atomic mass is 16.7. The van der Waals surface area contributed by atoms with Gasteiger partial charge in [0, 0.05) is 18.9 Å². The lowest BCUT2D eigenvalue weighted by Crippen LogP contribution is -2.31. The molecule has 1 saturated carbocycles. The number of esters is 1. The first-order valence-corrected chi connectivity index (χ1v) is 10.2. The van der Waals surface area contributed by atoms with E-state index >= 15 is 0 Å². The van der Waals surface area contributed by atoms with Gasteiger partial charge in [0.05, 0.1) is 12.5 Å². The van der Waals surface area contributed by atoms with E-state index in [4.69, 9.17) is 14.2 Å². The Morgan fingerprint density at radius 3 is 2.75 bits per heavy atom. The molecule has 1 aliphatic carbocycles. The van der Waals surface area contributed by atoms with E-state index in [1.807, 2.05) is 0 Å². The van der Waals surface area contributed by atoms with E-state index in [1.54, 1.807) is 0 Å². The van der Waals surface area contributed by atoms with E-state index in [2.05, 4.69) is 6.92 Å². The molecule has 3 fully saturated rings. The molecule has 2 aliphatic heterocycles. The van der Waals surface area contributed by atoms with Crippen molar-refractivity contribution in [1.82, 2.24) is 0 Å². The zero-order chi connectivity index (χ0) is 16.8. The summed E-state index contributed by atoms with van der Waals surface area (Å²) in [4.78, 5) is 11.7. The van der Waals surface area contributed by atoms with Gasteiger partial charge in [-0.15, -0.1) is 0 Å². The summed E-state index contributed by atoms with van der Waals surface area (Å²) in [7, 11) is 0. The molecule has 2 heterocycles. The maximum absolute atomic E-state index is 11.7. The summed E-state index contributed by atoms with van der Waals surface area (Å²) in [5, 5.41) is 0. The highest BCUT2D eigenvalue weighted by molar-refractivity contribution is 5.72. The Hall–Kier alpha value is -0.610. The Bertz CT molecular complexity index is 391. The van der Waals surface area contributed by atoms with E-state index in [0.29, 0.717) is 18.3 Å². The zero-order valence-electron chi connectivity index (χ0n) is 15.2. The fourth-order valence-electron chi connectivity index (χ4n) is 4.69. The van der Waals surface area contributed by atoms with Crippen LogP contribution in [0.1, 0.15) is 84.0 Å². The molecule has 4 heteroatoms. The van der Waals surface area contributed by atoms with Gasteiger partial charge in [-0.25, -0.2) is 0 Å². The van der Waals surface area contributed by atoms with Gasteiger partial charge in [0.25, 0.3) is 0 Å². The van der Waals surface area contributed by atoms with Crippen LogP contribution in [0.4, 0.5) is 0 Å². The van der Waals surface area contributed by atoms with Crippen molar-refractivity contribution in [2.45, 2.75) is 102 Å². The van der Waals surface area contributed by atoms with Crippen LogP contribution in [0.2, 0.25) is 0 Å². The Labute approximate surface area is 146 Å². The van der Waals surface area contributed by atoms with Crippen molar-refractivity contribution in [3.05, 3.63) is 0 Å². The summed E-state index contributed by atoms with van der Waals surface area (Å²) in [5.41, 5.74) is 0. The average molecular weight is 338 g/mol. The lowest BCUT2D eigenvalue weighted by Gasteiger charge is -2.30. The lowest BCUT2D eigenvalue weighted by atomic mass is 9.87. The molecule has 0 bridgehead atoms. The van der Waals surface area contributed by atoms with Gasteiger partial charge in [0.2, 0.25) is 0 Å². The molecule has 0 radical (unpaired) electrons. The van der Waals surface area contributed by atoms with E-state index in [0.717, 1.165) is 25.9 Å². The molecule has 2 saturated heterocycles. The predicted octanol–water partition coefficient (Wildman–Crippen LogP) is 4.60. The zero-order valence-corrected chi connectivity index (χ0v) is 15.2. The van der Waals surface area contributed by atoms with Crippen LogP contribution in [-0.2, 0) is 19.0 Å². The topological polar surface area (TPSA) is 44.8 Å². The van der Waals surface area contributed by atoms with Crippen LogP contribution in [0.25, 0.3) is 0 Å². The van der Waals surface area contributed by atoms with Gasteiger partial charge in [0.15, 0.2) is 6.29 Å². The minimum Gasteiger partial charge on any atom is -0.462 e. The van der Waals surface area contributed by atoms with Crippen molar-refractivity contribution < 1.29 is 19.0 Å². The summed E-state index contributed by atoms with van der Waals surface area (Å²) in [6.45, 7) is 3.08. The molecule has 0 aromatic rings. The van der Waals surface area contributed by atoms with E-state index in [9.17, 15) is 4.79 Å². The van der Waals surface area contributed by atoms with Crippen molar-refractivity contribution in [2.75, 3.05) is 6.61 Å². The van der Waals surface area contributed by atoms with Gasteiger partial charge in [0.1, 0.15) is 6.10 Å². The number of fused-ring (bicyclic) bond motifs is 1. The third kappa shape index (κ3) is 4.72. The Kier molecular flexibility index (Phi) is 6.96. The number of unbranched alkanes of at least 4 members (excludes halogenated alkanes) is 5. The summed E-state index contributed by atoms with van der Waals surface area (Å²) < 4.78 is 17.6. The van der Waals surface area contributed by atoms with Crippen LogP contribution in [0.15, 0.2) is 0 Å². The number of hydrogen-bond acceptors (Lipinski definition) is 4. The summed E-state index contributed by atoms with van der Waals surface area (Å²) in [5.74, 6) is 0.838. The van der Waals surface area contributed by atoms with Crippen LogP contribution < -0.4 is 0 Å². The third-order valence-corrected chi connectivity index (χ3v) is 6.01. The first-order chi connectivity index (χ1) is 11.8. The summed E-state index contributed by atoms with van der Waals surface area (Å²) in [6, 6.07) is 0. The average Bonchev–Trinajstić information content (AvgIpc) is 3.08. The van der Waals surface area contributed by atoms with Crippen LogP contribution in [0.3, 0.4) is 0 Å². The highest BCUT2D eigenvalue weighted by Crippen LogP contribution is 2.45. The molecular weight excluding hydrogens is 304 g/mol. The summed E-state index contributed by atoms with van der Waals surface area (Å²) >= 11 is 0. The maximum atomic E-state index is 11.7. The number of ether oxygens (including phenoxy) is 3. The molecule has 3 rings (SSSR count). The molecule has 0 aromatic carbocycles. The SMILES string of the molecule is CCCCCCCC[C@H]1[C@H](OC2CCCCO2)CC2OC(=O)C[C@@H]21. The van der Waals surface area contributed by atoms with Gasteiger partial charge in [-0.1, -0.05) is 45.4 Å². The number of carbonyl (C=O) groups is 1. The van der Waals surface area contributed by atoms with Gasteiger partial charge < -0.3 is 14.2 Å². The van der Waals surface area contributed by atoms with Crippen molar-refractivity contribution in [1.29, 1.82) is 0 Å². The van der Waals surface area contributed by atoms with E-state index in [1.165, 1.54) is 51.4 Å². The predicted molar refractivity (Wildman–Crippen MR) is 92.6 cm³/mol. The maximum Gasteiger partial charge on any atom is 0.306 e. The van der Waals surface area contributed by atoms with E-state index < -0.39 is 0 Å². The second-order valence-corrected chi connectivity index (χ2v) is 7.82. The third-order valence-electron chi connectivity index (χ3n) is 6.01. The molecule has 3 aliphatic rings. The number of hydrogen-bond donors (Lipinski definition) is 0. The molecule has 2 unspecified atom stereocenters.